The normalized spacial score (nSPS) is 17.8. The number of pyridine rings is 1. The summed E-state index contributed by atoms with van der Waals surface area (Å²) in [6.45, 7) is 8.99. The fourth-order valence-electron chi connectivity index (χ4n) is 2.58. The van der Waals surface area contributed by atoms with E-state index in [1.54, 1.807) is 11.3 Å². The molecule has 1 aliphatic rings. The molecule has 2 aromatic rings. The lowest BCUT2D eigenvalue weighted by Gasteiger charge is -2.37. The van der Waals surface area contributed by atoms with Crippen molar-refractivity contribution in [3.8, 4) is 0 Å². The Morgan fingerprint density at radius 2 is 1.94 bits per heavy atom. The molecule has 0 amide bonds. The summed E-state index contributed by atoms with van der Waals surface area (Å²) in [5.41, 5.74) is 0. The number of hydrogen-bond acceptors (Lipinski definition) is 4. The first kappa shape index (κ1) is 11.9. The lowest BCUT2D eigenvalue weighted by molar-refractivity contribution is 0.209. The molecular weight excluding hydrogens is 242 g/mol. The average Bonchev–Trinajstić information content (AvgIpc) is 2.87. The Labute approximate surface area is 112 Å². The number of hydrogen-bond donors (Lipinski definition) is 0. The van der Waals surface area contributed by atoms with Crippen LogP contribution in [0.1, 0.15) is 13.8 Å². The van der Waals surface area contributed by atoms with Gasteiger partial charge in [0.25, 0.3) is 0 Å². The van der Waals surface area contributed by atoms with Crippen LogP contribution >= 0.6 is 11.3 Å². The van der Waals surface area contributed by atoms with Crippen LogP contribution in [0.25, 0.3) is 10.1 Å². The van der Waals surface area contributed by atoms with Crippen molar-refractivity contribution in [1.29, 1.82) is 0 Å². The Hall–Kier alpha value is -1.13. The van der Waals surface area contributed by atoms with Gasteiger partial charge in [-0.25, -0.2) is 4.98 Å². The Bertz CT molecular complexity index is 527. The highest BCUT2D eigenvalue weighted by Gasteiger charge is 2.20. The number of aromatic nitrogens is 1. The van der Waals surface area contributed by atoms with Crippen molar-refractivity contribution in [2.45, 2.75) is 19.9 Å². The van der Waals surface area contributed by atoms with Crippen LogP contribution in [0.4, 0.5) is 5.82 Å². The lowest BCUT2D eigenvalue weighted by atomic mass is 10.2. The maximum atomic E-state index is 4.59. The predicted octanol–water partition coefficient (Wildman–Crippen LogP) is 2.83. The summed E-state index contributed by atoms with van der Waals surface area (Å²) in [5, 5.41) is 3.46. The second-order valence-electron chi connectivity index (χ2n) is 5.08. The van der Waals surface area contributed by atoms with Gasteiger partial charge >= 0.3 is 0 Å². The molecule has 2 aromatic heterocycles. The maximum Gasteiger partial charge on any atom is 0.137 e. The third kappa shape index (κ3) is 2.10. The van der Waals surface area contributed by atoms with Gasteiger partial charge in [-0.2, -0.15) is 0 Å². The van der Waals surface area contributed by atoms with Gasteiger partial charge in [0, 0.05) is 48.5 Å². The van der Waals surface area contributed by atoms with E-state index in [0.29, 0.717) is 6.04 Å². The molecule has 3 rings (SSSR count). The number of fused-ring (bicyclic) bond motifs is 1. The van der Waals surface area contributed by atoms with E-state index in [-0.39, 0.29) is 0 Å². The summed E-state index contributed by atoms with van der Waals surface area (Å²) in [6.07, 6.45) is 1.93. The third-order valence-corrected chi connectivity index (χ3v) is 4.58. The summed E-state index contributed by atoms with van der Waals surface area (Å²) in [6, 6.07) is 4.95. The van der Waals surface area contributed by atoms with Crippen molar-refractivity contribution in [3.05, 3.63) is 23.7 Å². The molecule has 96 valence electrons. The smallest absolute Gasteiger partial charge is 0.137 e. The molecule has 0 aliphatic carbocycles. The van der Waals surface area contributed by atoms with Crippen LogP contribution in [0.2, 0.25) is 0 Å². The van der Waals surface area contributed by atoms with Crippen LogP contribution in [-0.2, 0) is 0 Å². The van der Waals surface area contributed by atoms with E-state index in [9.17, 15) is 0 Å². The van der Waals surface area contributed by atoms with Gasteiger partial charge in [-0.3, -0.25) is 4.90 Å². The standard InChI is InChI=1S/C14H19N3S/c1-11(2)16-6-8-17(9-7-16)14-12-4-10-18-13(12)3-5-15-14/h3-5,10-11H,6-9H2,1-2H3. The van der Waals surface area contributed by atoms with Crippen LogP contribution in [0.15, 0.2) is 23.7 Å². The summed E-state index contributed by atoms with van der Waals surface area (Å²) in [5.74, 6) is 1.16. The third-order valence-electron chi connectivity index (χ3n) is 3.70. The lowest BCUT2D eigenvalue weighted by Crippen LogP contribution is -2.49. The molecule has 0 radical (unpaired) electrons. The van der Waals surface area contributed by atoms with Crippen molar-refractivity contribution >= 4 is 27.2 Å². The number of thiophene rings is 1. The van der Waals surface area contributed by atoms with Gasteiger partial charge in [-0.15, -0.1) is 11.3 Å². The van der Waals surface area contributed by atoms with Gasteiger partial charge in [0.05, 0.1) is 0 Å². The minimum atomic E-state index is 0.650. The summed E-state index contributed by atoms with van der Waals surface area (Å²) in [7, 11) is 0. The zero-order valence-electron chi connectivity index (χ0n) is 11.0. The molecule has 0 unspecified atom stereocenters. The van der Waals surface area contributed by atoms with Crippen LogP contribution in [0.3, 0.4) is 0 Å². The Balaban J connectivity index is 1.82. The Kier molecular flexibility index (Phi) is 3.22. The van der Waals surface area contributed by atoms with Gasteiger partial charge in [0.2, 0.25) is 0 Å². The summed E-state index contributed by atoms with van der Waals surface area (Å²) >= 11 is 1.79. The molecular formula is C14H19N3S. The molecule has 1 saturated heterocycles. The van der Waals surface area contributed by atoms with Crippen molar-refractivity contribution in [1.82, 2.24) is 9.88 Å². The molecule has 4 heteroatoms. The van der Waals surface area contributed by atoms with Gasteiger partial charge in [0.15, 0.2) is 0 Å². The zero-order valence-corrected chi connectivity index (χ0v) is 11.8. The van der Waals surface area contributed by atoms with E-state index in [4.69, 9.17) is 0 Å². The first-order chi connectivity index (χ1) is 8.75. The number of piperazine rings is 1. The van der Waals surface area contributed by atoms with Crippen molar-refractivity contribution < 1.29 is 0 Å². The van der Waals surface area contributed by atoms with Crippen LogP contribution in [-0.4, -0.2) is 42.1 Å². The first-order valence-corrected chi connectivity index (χ1v) is 7.45. The number of nitrogens with zero attached hydrogens (tertiary/aromatic N) is 3. The van der Waals surface area contributed by atoms with Gasteiger partial charge in [-0.1, -0.05) is 0 Å². The molecule has 0 aromatic carbocycles. The zero-order chi connectivity index (χ0) is 12.5. The van der Waals surface area contributed by atoms with Gasteiger partial charge in [-0.05, 0) is 31.4 Å². The second-order valence-corrected chi connectivity index (χ2v) is 6.03. The van der Waals surface area contributed by atoms with E-state index in [1.807, 2.05) is 6.20 Å². The molecule has 18 heavy (non-hydrogen) atoms. The van der Waals surface area contributed by atoms with Crippen LogP contribution < -0.4 is 4.90 Å². The average molecular weight is 261 g/mol. The molecule has 0 atom stereocenters. The quantitative estimate of drug-likeness (QED) is 0.828. The largest absolute Gasteiger partial charge is 0.354 e. The van der Waals surface area contributed by atoms with E-state index in [1.165, 1.54) is 10.1 Å². The topological polar surface area (TPSA) is 19.4 Å². The summed E-state index contributed by atoms with van der Waals surface area (Å²) < 4.78 is 1.34. The van der Waals surface area contributed by atoms with E-state index in [2.05, 4.69) is 46.1 Å². The molecule has 0 spiro atoms. The first-order valence-electron chi connectivity index (χ1n) is 6.57. The Morgan fingerprint density at radius 1 is 1.17 bits per heavy atom. The summed E-state index contributed by atoms with van der Waals surface area (Å²) in [4.78, 5) is 9.54. The molecule has 1 fully saturated rings. The highest BCUT2D eigenvalue weighted by atomic mass is 32.1. The fraction of sp³-hybridized carbons (Fsp3) is 0.500. The maximum absolute atomic E-state index is 4.59. The highest BCUT2D eigenvalue weighted by Crippen LogP contribution is 2.29. The molecule has 0 saturated carbocycles. The molecule has 3 heterocycles. The van der Waals surface area contributed by atoms with Gasteiger partial charge < -0.3 is 4.90 Å². The highest BCUT2D eigenvalue weighted by molar-refractivity contribution is 7.17. The molecule has 0 N–H and O–H groups in total. The molecule has 1 aliphatic heterocycles. The number of rotatable bonds is 2. The van der Waals surface area contributed by atoms with E-state index in [0.717, 1.165) is 32.0 Å². The van der Waals surface area contributed by atoms with E-state index >= 15 is 0 Å². The minimum absolute atomic E-state index is 0.650. The predicted molar refractivity (Wildman–Crippen MR) is 78.5 cm³/mol. The van der Waals surface area contributed by atoms with Gasteiger partial charge in [0.1, 0.15) is 5.82 Å². The van der Waals surface area contributed by atoms with E-state index < -0.39 is 0 Å². The minimum Gasteiger partial charge on any atom is -0.354 e. The van der Waals surface area contributed by atoms with Crippen molar-refractivity contribution in [2.75, 3.05) is 31.1 Å². The van der Waals surface area contributed by atoms with Crippen molar-refractivity contribution in [2.24, 2.45) is 0 Å². The van der Waals surface area contributed by atoms with Crippen LogP contribution in [0.5, 0.6) is 0 Å². The monoisotopic (exact) mass is 261 g/mol. The van der Waals surface area contributed by atoms with Crippen LogP contribution in [0, 0.1) is 0 Å². The van der Waals surface area contributed by atoms with Crippen molar-refractivity contribution in [3.63, 3.8) is 0 Å². The SMILES string of the molecule is CC(C)N1CCN(c2nccc3sccc23)CC1. The number of anilines is 1. The molecule has 0 bridgehead atoms. The molecule has 3 nitrogen and oxygen atoms in total. The second kappa shape index (κ2) is 4.86. The fourth-order valence-corrected chi connectivity index (χ4v) is 3.36. The Morgan fingerprint density at radius 3 is 2.67 bits per heavy atom.